The number of nitrogens with one attached hydrogen (secondary N) is 3. The van der Waals surface area contributed by atoms with Gasteiger partial charge in [0.1, 0.15) is 0 Å². The van der Waals surface area contributed by atoms with Crippen LogP contribution in [0.1, 0.15) is 11.1 Å². The van der Waals surface area contributed by atoms with Gasteiger partial charge in [-0.2, -0.15) is 0 Å². The number of amides is 1. The molecule has 0 fully saturated rings. The Balaban J connectivity index is 1.57. The molecule has 0 spiro atoms. The highest BCUT2D eigenvalue weighted by molar-refractivity contribution is 5.96. The van der Waals surface area contributed by atoms with Crippen molar-refractivity contribution in [2.45, 2.75) is 13.5 Å². The number of nitrogens with zero attached hydrogens (tertiary/aromatic N) is 1. The topological polar surface area (TPSA) is 66.0 Å². The molecule has 132 valence electrons. The van der Waals surface area contributed by atoms with E-state index in [0.29, 0.717) is 6.54 Å². The molecule has 1 amide bonds. The smallest absolute Gasteiger partial charge is 0.243 e. The summed E-state index contributed by atoms with van der Waals surface area (Å²) >= 11 is 0. The third kappa shape index (κ3) is 5.08. The van der Waals surface area contributed by atoms with Crippen molar-refractivity contribution in [3.05, 3.63) is 84.2 Å². The van der Waals surface area contributed by atoms with Gasteiger partial charge in [-0.05, 0) is 36.8 Å². The summed E-state index contributed by atoms with van der Waals surface area (Å²) in [5, 5.41) is 9.41. The van der Waals surface area contributed by atoms with Gasteiger partial charge in [0.2, 0.25) is 5.91 Å². The lowest BCUT2D eigenvalue weighted by Crippen LogP contribution is -2.22. The number of hydrogen-bond donors (Lipinski definition) is 3. The number of pyridine rings is 1. The van der Waals surface area contributed by atoms with E-state index in [2.05, 4.69) is 52.1 Å². The van der Waals surface area contributed by atoms with E-state index in [1.165, 1.54) is 11.1 Å². The number of benzene rings is 2. The molecule has 0 saturated carbocycles. The van der Waals surface area contributed by atoms with Gasteiger partial charge in [0, 0.05) is 24.6 Å². The number of carbonyl (C=O) groups excluding carboxylic acids is 1. The first-order chi connectivity index (χ1) is 12.7. The normalized spacial score (nSPS) is 10.2. The summed E-state index contributed by atoms with van der Waals surface area (Å²) in [6.45, 7) is 2.96. The number of carbonyl (C=O) groups is 1. The summed E-state index contributed by atoms with van der Waals surface area (Å²) in [7, 11) is 0. The average molecular weight is 346 g/mol. The molecule has 0 atom stereocenters. The highest BCUT2D eigenvalue weighted by atomic mass is 16.1. The summed E-state index contributed by atoms with van der Waals surface area (Å²) in [6, 6.07) is 19.7. The minimum Gasteiger partial charge on any atom is -0.379 e. The molecule has 1 aromatic heterocycles. The van der Waals surface area contributed by atoms with E-state index in [0.717, 1.165) is 17.1 Å². The Hall–Kier alpha value is -3.34. The number of para-hydroxylation sites is 2. The Kier molecular flexibility index (Phi) is 5.83. The lowest BCUT2D eigenvalue weighted by atomic mass is 10.1. The Morgan fingerprint density at radius 1 is 0.885 bits per heavy atom. The van der Waals surface area contributed by atoms with E-state index in [1.54, 1.807) is 12.4 Å². The van der Waals surface area contributed by atoms with Gasteiger partial charge in [-0.15, -0.1) is 0 Å². The number of hydrogen-bond acceptors (Lipinski definition) is 4. The highest BCUT2D eigenvalue weighted by Gasteiger charge is 2.06. The molecule has 0 unspecified atom stereocenters. The van der Waals surface area contributed by atoms with Crippen molar-refractivity contribution in [3.8, 4) is 0 Å². The minimum atomic E-state index is -0.105. The van der Waals surface area contributed by atoms with E-state index >= 15 is 0 Å². The van der Waals surface area contributed by atoms with Crippen LogP contribution in [-0.4, -0.2) is 17.4 Å². The average Bonchev–Trinajstić information content (AvgIpc) is 2.68. The molecule has 3 N–H and O–H groups in total. The number of aryl methyl sites for hydroxylation is 1. The van der Waals surface area contributed by atoms with E-state index in [1.807, 2.05) is 36.4 Å². The van der Waals surface area contributed by atoms with Crippen LogP contribution in [0.3, 0.4) is 0 Å². The molecule has 3 rings (SSSR count). The summed E-state index contributed by atoms with van der Waals surface area (Å²) in [5.41, 5.74) is 4.95. The summed E-state index contributed by atoms with van der Waals surface area (Å²) in [6.07, 6.45) is 3.37. The summed E-state index contributed by atoms with van der Waals surface area (Å²) in [5.74, 6) is -0.105. The van der Waals surface area contributed by atoms with Crippen LogP contribution in [-0.2, 0) is 11.3 Å². The second-order valence-electron chi connectivity index (χ2n) is 6.02. The molecule has 0 saturated heterocycles. The van der Waals surface area contributed by atoms with Crippen LogP contribution >= 0.6 is 0 Å². The molecule has 5 heteroatoms. The fourth-order valence-corrected chi connectivity index (χ4v) is 2.50. The maximum absolute atomic E-state index is 12.2. The zero-order valence-corrected chi connectivity index (χ0v) is 14.7. The first-order valence-corrected chi connectivity index (χ1v) is 8.53. The van der Waals surface area contributed by atoms with Gasteiger partial charge in [0.05, 0.1) is 17.9 Å². The fraction of sp³-hybridized carbons (Fsp3) is 0.143. The quantitative estimate of drug-likeness (QED) is 0.604. The van der Waals surface area contributed by atoms with Crippen LogP contribution in [0.5, 0.6) is 0 Å². The van der Waals surface area contributed by atoms with Crippen molar-refractivity contribution in [2.75, 3.05) is 22.5 Å². The molecular weight excluding hydrogens is 324 g/mol. The van der Waals surface area contributed by atoms with Crippen molar-refractivity contribution < 1.29 is 4.79 Å². The first kappa shape index (κ1) is 17.5. The Morgan fingerprint density at radius 3 is 2.31 bits per heavy atom. The number of rotatable bonds is 7. The zero-order valence-electron chi connectivity index (χ0n) is 14.7. The Morgan fingerprint density at radius 2 is 1.58 bits per heavy atom. The van der Waals surface area contributed by atoms with Gasteiger partial charge in [-0.1, -0.05) is 42.0 Å². The lowest BCUT2D eigenvalue weighted by molar-refractivity contribution is -0.114. The predicted molar refractivity (Wildman–Crippen MR) is 106 cm³/mol. The van der Waals surface area contributed by atoms with Crippen LogP contribution in [0.15, 0.2) is 73.1 Å². The maximum atomic E-state index is 12.2. The SMILES string of the molecule is Cc1ccc(CNc2ccccc2NC(=O)CNc2ccncc2)cc1. The van der Waals surface area contributed by atoms with Gasteiger partial charge in [0.25, 0.3) is 0 Å². The maximum Gasteiger partial charge on any atom is 0.243 e. The largest absolute Gasteiger partial charge is 0.379 e. The van der Waals surface area contributed by atoms with E-state index in [-0.39, 0.29) is 12.5 Å². The summed E-state index contributed by atoms with van der Waals surface area (Å²) in [4.78, 5) is 16.2. The summed E-state index contributed by atoms with van der Waals surface area (Å²) < 4.78 is 0. The van der Waals surface area contributed by atoms with Gasteiger partial charge in [0.15, 0.2) is 0 Å². The standard InChI is InChI=1S/C21H22N4O/c1-16-6-8-17(9-7-16)14-24-19-4-2-3-5-20(19)25-21(26)15-23-18-10-12-22-13-11-18/h2-13,24H,14-15H2,1H3,(H,22,23)(H,25,26). The third-order valence-electron chi connectivity index (χ3n) is 3.94. The lowest BCUT2D eigenvalue weighted by Gasteiger charge is -2.14. The highest BCUT2D eigenvalue weighted by Crippen LogP contribution is 2.21. The van der Waals surface area contributed by atoms with Crippen LogP contribution < -0.4 is 16.0 Å². The van der Waals surface area contributed by atoms with Crippen LogP contribution in [0, 0.1) is 6.92 Å². The number of aromatic nitrogens is 1. The fourth-order valence-electron chi connectivity index (χ4n) is 2.50. The minimum absolute atomic E-state index is 0.105. The van der Waals surface area contributed by atoms with Gasteiger partial charge in [-0.25, -0.2) is 0 Å². The second kappa shape index (κ2) is 8.67. The monoisotopic (exact) mass is 346 g/mol. The van der Waals surface area contributed by atoms with E-state index < -0.39 is 0 Å². The molecule has 0 aliphatic rings. The van der Waals surface area contributed by atoms with Crippen LogP contribution in [0.25, 0.3) is 0 Å². The second-order valence-corrected chi connectivity index (χ2v) is 6.02. The molecule has 2 aromatic carbocycles. The van der Waals surface area contributed by atoms with E-state index in [9.17, 15) is 4.79 Å². The molecule has 26 heavy (non-hydrogen) atoms. The molecule has 3 aromatic rings. The predicted octanol–water partition coefficient (Wildman–Crippen LogP) is 4.05. The van der Waals surface area contributed by atoms with Gasteiger partial charge in [-0.3, -0.25) is 9.78 Å². The third-order valence-corrected chi connectivity index (χ3v) is 3.94. The molecule has 0 aliphatic carbocycles. The zero-order chi connectivity index (χ0) is 18.2. The van der Waals surface area contributed by atoms with Crippen LogP contribution in [0.2, 0.25) is 0 Å². The first-order valence-electron chi connectivity index (χ1n) is 8.53. The molecule has 5 nitrogen and oxygen atoms in total. The Bertz CT molecular complexity index is 847. The molecular formula is C21H22N4O. The van der Waals surface area contributed by atoms with Gasteiger partial charge >= 0.3 is 0 Å². The van der Waals surface area contributed by atoms with Crippen LogP contribution in [0.4, 0.5) is 17.1 Å². The molecule has 0 radical (unpaired) electrons. The molecule has 0 aliphatic heterocycles. The van der Waals surface area contributed by atoms with Crippen molar-refractivity contribution in [3.63, 3.8) is 0 Å². The Labute approximate surface area is 153 Å². The van der Waals surface area contributed by atoms with Crippen molar-refractivity contribution in [1.29, 1.82) is 0 Å². The van der Waals surface area contributed by atoms with E-state index in [4.69, 9.17) is 0 Å². The van der Waals surface area contributed by atoms with Crippen molar-refractivity contribution in [1.82, 2.24) is 4.98 Å². The number of anilines is 3. The van der Waals surface area contributed by atoms with Gasteiger partial charge < -0.3 is 16.0 Å². The van der Waals surface area contributed by atoms with Crippen molar-refractivity contribution in [2.24, 2.45) is 0 Å². The van der Waals surface area contributed by atoms with Crippen molar-refractivity contribution >= 4 is 23.0 Å². The molecule has 0 bridgehead atoms. The molecule has 1 heterocycles.